The van der Waals surface area contributed by atoms with Crippen molar-refractivity contribution in [3.63, 3.8) is 0 Å². The van der Waals surface area contributed by atoms with Crippen LogP contribution in [0.1, 0.15) is 80.1 Å². The van der Waals surface area contributed by atoms with Crippen LogP contribution in [0, 0.1) is 23.7 Å². The molecular formula is C28H54F2N2O2. The first-order valence-electron chi connectivity index (χ1n) is 14.3. The number of hydrogen-bond acceptors (Lipinski definition) is 4. The molecule has 0 bridgehead atoms. The Hall–Kier alpha value is -0.300. The molecule has 4 fully saturated rings. The van der Waals surface area contributed by atoms with E-state index in [0.29, 0.717) is 26.1 Å². The van der Waals surface area contributed by atoms with E-state index in [4.69, 9.17) is 9.47 Å². The zero-order valence-corrected chi connectivity index (χ0v) is 23.0. The first-order valence-corrected chi connectivity index (χ1v) is 14.3. The second-order valence-electron chi connectivity index (χ2n) is 11.1. The summed E-state index contributed by atoms with van der Waals surface area (Å²) in [5.74, 6) is 1.84. The van der Waals surface area contributed by atoms with Crippen LogP contribution >= 0.6 is 0 Å². The van der Waals surface area contributed by atoms with Crippen molar-refractivity contribution in [2.24, 2.45) is 23.7 Å². The Bertz CT molecular complexity index is 479. The van der Waals surface area contributed by atoms with Gasteiger partial charge < -0.3 is 19.3 Å². The van der Waals surface area contributed by atoms with Gasteiger partial charge in [0.15, 0.2) is 0 Å². The summed E-state index contributed by atoms with van der Waals surface area (Å²) in [6.45, 7) is 20.3. The topological polar surface area (TPSA) is 24.9 Å². The van der Waals surface area contributed by atoms with Gasteiger partial charge in [-0.05, 0) is 63.7 Å². The number of hydrogen-bond donors (Lipinski definition) is 0. The third-order valence-corrected chi connectivity index (χ3v) is 8.39. The molecule has 4 nitrogen and oxygen atoms in total. The Morgan fingerprint density at radius 2 is 0.912 bits per heavy atom. The molecule has 4 saturated heterocycles. The molecule has 0 aromatic rings. The van der Waals surface area contributed by atoms with Crippen molar-refractivity contribution in [3.8, 4) is 0 Å². The smallest absolute Gasteiger partial charge is 0.107 e. The summed E-state index contributed by atoms with van der Waals surface area (Å²) in [5, 5.41) is 0. The van der Waals surface area contributed by atoms with E-state index < -0.39 is 12.3 Å². The first-order chi connectivity index (χ1) is 16.3. The lowest BCUT2D eigenvalue weighted by Gasteiger charge is -2.38. The third kappa shape index (κ3) is 9.63. The standard InChI is InChI=1S/2C13H24FNO.C2H6/c2*1-10-3-6-15(7-4-10)9-13-11(2)12(14)5-8-16-13;1-2/h2*10-13H,3-9H2,1-2H3;1-2H3/t11-,12+,13+;11-,12-,13+;/m01./s1. The van der Waals surface area contributed by atoms with Gasteiger partial charge in [0, 0.05) is 51.0 Å². The van der Waals surface area contributed by atoms with Gasteiger partial charge in [-0.1, -0.05) is 41.5 Å². The highest BCUT2D eigenvalue weighted by atomic mass is 19.1. The third-order valence-electron chi connectivity index (χ3n) is 8.39. The van der Waals surface area contributed by atoms with Crippen LogP contribution in [-0.4, -0.2) is 86.8 Å². The number of alkyl halides is 2. The Morgan fingerprint density at radius 3 is 1.24 bits per heavy atom. The maximum absolute atomic E-state index is 13.5. The molecule has 0 N–H and O–H groups in total. The monoisotopic (exact) mass is 488 g/mol. The van der Waals surface area contributed by atoms with Gasteiger partial charge in [0.2, 0.25) is 0 Å². The van der Waals surface area contributed by atoms with E-state index in [9.17, 15) is 8.78 Å². The lowest BCUT2D eigenvalue weighted by atomic mass is 9.92. The van der Waals surface area contributed by atoms with Crippen LogP contribution in [0.15, 0.2) is 0 Å². The van der Waals surface area contributed by atoms with Crippen molar-refractivity contribution < 1.29 is 18.3 Å². The molecule has 0 saturated carbocycles. The molecule has 0 unspecified atom stereocenters. The van der Waals surface area contributed by atoms with Crippen LogP contribution in [0.4, 0.5) is 8.78 Å². The van der Waals surface area contributed by atoms with Gasteiger partial charge in [0.1, 0.15) is 12.3 Å². The van der Waals surface area contributed by atoms with Gasteiger partial charge in [-0.15, -0.1) is 0 Å². The van der Waals surface area contributed by atoms with E-state index in [1.54, 1.807) is 0 Å². The average molecular weight is 489 g/mol. The van der Waals surface area contributed by atoms with Crippen LogP contribution in [0.25, 0.3) is 0 Å². The van der Waals surface area contributed by atoms with Gasteiger partial charge in [-0.3, -0.25) is 0 Å². The fourth-order valence-electron chi connectivity index (χ4n) is 5.40. The second-order valence-corrected chi connectivity index (χ2v) is 11.1. The quantitative estimate of drug-likeness (QED) is 0.485. The highest BCUT2D eigenvalue weighted by molar-refractivity contribution is 4.83. The van der Waals surface area contributed by atoms with E-state index >= 15 is 0 Å². The summed E-state index contributed by atoms with van der Waals surface area (Å²) in [7, 11) is 0. The lowest BCUT2D eigenvalue weighted by molar-refractivity contribution is -0.0750. The maximum Gasteiger partial charge on any atom is 0.107 e. The van der Waals surface area contributed by atoms with Crippen molar-refractivity contribution in [1.29, 1.82) is 0 Å². The lowest BCUT2D eigenvalue weighted by Crippen LogP contribution is -2.46. The minimum Gasteiger partial charge on any atom is -0.376 e. The van der Waals surface area contributed by atoms with Crippen molar-refractivity contribution in [3.05, 3.63) is 0 Å². The molecule has 4 rings (SSSR count). The average Bonchev–Trinajstić information content (AvgIpc) is 2.84. The van der Waals surface area contributed by atoms with Crippen LogP contribution in [0.5, 0.6) is 0 Å². The molecule has 4 aliphatic heterocycles. The van der Waals surface area contributed by atoms with Crippen LogP contribution in [-0.2, 0) is 9.47 Å². The number of piperidine rings is 2. The van der Waals surface area contributed by atoms with E-state index in [1.807, 2.05) is 27.7 Å². The predicted octanol–water partition coefficient (Wildman–Crippen LogP) is 5.99. The summed E-state index contributed by atoms with van der Waals surface area (Å²) in [5.41, 5.74) is 0. The zero-order chi connectivity index (χ0) is 25.1. The van der Waals surface area contributed by atoms with Crippen molar-refractivity contribution in [2.45, 2.75) is 105 Å². The Balaban J connectivity index is 0.000000224. The molecule has 4 heterocycles. The molecular weight excluding hydrogens is 434 g/mol. The summed E-state index contributed by atoms with van der Waals surface area (Å²) in [6.07, 6.45) is 5.16. The zero-order valence-electron chi connectivity index (χ0n) is 23.0. The van der Waals surface area contributed by atoms with Gasteiger partial charge in [0.05, 0.1) is 12.2 Å². The minimum atomic E-state index is -0.664. The summed E-state index contributed by atoms with van der Waals surface area (Å²) in [6, 6.07) is 0. The largest absolute Gasteiger partial charge is 0.376 e. The predicted molar refractivity (Wildman–Crippen MR) is 138 cm³/mol. The fraction of sp³-hybridized carbons (Fsp3) is 1.00. The normalized spacial score (nSPS) is 36.7. The summed E-state index contributed by atoms with van der Waals surface area (Å²) < 4.78 is 38.5. The van der Waals surface area contributed by atoms with Gasteiger partial charge >= 0.3 is 0 Å². The molecule has 0 aromatic carbocycles. The number of rotatable bonds is 4. The molecule has 0 aliphatic carbocycles. The number of nitrogens with zero attached hydrogens (tertiary/aromatic N) is 2. The summed E-state index contributed by atoms with van der Waals surface area (Å²) >= 11 is 0. The molecule has 0 radical (unpaired) electrons. The highest BCUT2D eigenvalue weighted by Crippen LogP contribution is 2.27. The van der Waals surface area contributed by atoms with E-state index in [1.165, 1.54) is 25.7 Å². The molecule has 202 valence electrons. The Morgan fingerprint density at radius 1 is 0.588 bits per heavy atom. The van der Waals surface area contributed by atoms with Gasteiger partial charge in [0.25, 0.3) is 0 Å². The molecule has 6 heteroatoms. The van der Waals surface area contributed by atoms with Crippen molar-refractivity contribution in [1.82, 2.24) is 9.80 Å². The van der Waals surface area contributed by atoms with Crippen LogP contribution in [0.3, 0.4) is 0 Å². The van der Waals surface area contributed by atoms with Crippen LogP contribution < -0.4 is 0 Å². The number of halogens is 2. The van der Waals surface area contributed by atoms with Gasteiger partial charge in [-0.25, -0.2) is 8.78 Å². The number of ether oxygens (including phenoxy) is 2. The van der Waals surface area contributed by atoms with Crippen molar-refractivity contribution in [2.75, 3.05) is 52.5 Å². The summed E-state index contributed by atoms with van der Waals surface area (Å²) in [4.78, 5) is 4.89. The molecule has 0 spiro atoms. The molecule has 6 atom stereocenters. The highest BCUT2D eigenvalue weighted by Gasteiger charge is 2.33. The van der Waals surface area contributed by atoms with E-state index in [0.717, 1.165) is 51.1 Å². The molecule has 4 aliphatic rings. The fourth-order valence-corrected chi connectivity index (χ4v) is 5.40. The molecule has 34 heavy (non-hydrogen) atoms. The SMILES string of the molecule is CC.CC1CCN(C[C@@H]2OCC[C@@H](F)[C@H]2C)CC1.CC1CCN(C[C@H]2OCC[C@@H](F)[C@@H]2C)CC1. The van der Waals surface area contributed by atoms with Gasteiger partial charge in [-0.2, -0.15) is 0 Å². The maximum atomic E-state index is 13.5. The van der Waals surface area contributed by atoms with Crippen LogP contribution in [0.2, 0.25) is 0 Å². The van der Waals surface area contributed by atoms with E-state index in [-0.39, 0.29) is 24.0 Å². The molecule has 0 amide bonds. The Labute approximate surface area is 209 Å². The van der Waals surface area contributed by atoms with E-state index in [2.05, 4.69) is 23.6 Å². The minimum absolute atomic E-state index is 0.0631. The second kappa shape index (κ2) is 15.7. The first kappa shape index (κ1) is 29.9. The molecule has 0 aromatic heterocycles. The Kier molecular flexibility index (Phi) is 13.8. The number of likely N-dealkylation sites (tertiary alicyclic amines) is 2. The van der Waals surface area contributed by atoms with Crippen molar-refractivity contribution >= 4 is 0 Å².